The van der Waals surface area contributed by atoms with Crippen LogP contribution < -0.4 is 15.0 Å². The predicted octanol–water partition coefficient (Wildman–Crippen LogP) is 2.56. The van der Waals surface area contributed by atoms with Gasteiger partial charge >= 0.3 is 5.97 Å². The number of hydrogen-bond donors (Lipinski definition) is 1. The standard InChI is InChI=1S/C21H21ClN2O5/c1-28-18-9-5-4-8-17(18)24-12-15(10-20(24)26)21(27)29-13-19(25)23-11-14-6-2-3-7-16(14)22/h2-9,15H,10-13H2,1H3,(H,23,25)/t15-/m0/s1. The Balaban J connectivity index is 1.50. The fraction of sp³-hybridized carbons (Fsp3) is 0.286. The quantitative estimate of drug-likeness (QED) is 0.701. The van der Waals surface area contributed by atoms with Crippen molar-refractivity contribution < 1.29 is 23.9 Å². The number of ether oxygens (including phenoxy) is 2. The van der Waals surface area contributed by atoms with Crippen LogP contribution in [0.25, 0.3) is 0 Å². The maximum absolute atomic E-state index is 12.4. The molecule has 0 saturated carbocycles. The van der Waals surface area contributed by atoms with Crippen molar-refractivity contribution in [1.29, 1.82) is 0 Å². The van der Waals surface area contributed by atoms with Crippen molar-refractivity contribution in [3.63, 3.8) is 0 Å². The summed E-state index contributed by atoms with van der Waals surface area (Å²) >= 11 is 6.04. The Bertz CT molecular complexity index is 917. The topological polar surface area (TPSA) is 84.9 Å². The van der Waals surface area contributed by atoms with E-state index >= 15 is 0 Å². The van der Waals surface area contributed by atoms with E-state index in [1.54, 1.807) is 42.5 Å². The number of nitrogens with zero attached hydrogens (tertiary/aromatic N) is 1. The van der Waals surface area contributed by atoms with Crippen molar-refractivity contribution in [3.8, 4) is 5.75 Å². The average Bonchev–Trinajstić information content (AvgIpc) is 3.12. The van der Waals surface area contributed by atoms with E-state index in [4.69, 9.17) is 21.1 Å². The third kappa shape index (κ3) is 5.06. The van der Waals surface area contributed by atoms with Crippen LogP contribution in [0.2, 0.25) is 5.02 Å². The van der Waals surface area contributed by atoms with Crippen molar-refractivity contribution in [1.82, 2.24) is 5.32 Å². The van der Waals surface area contributed by atoms with E-state index in [0.29, 0.717) is 16.5 Å². The number of esters is 1. The highest BCUT2D eigenvalue weighted by Crippen LogP contribution is 2.33. The molecule has 0 bridgehead atoms. The minimum absolute atomic E-state index is 0.0259. The van der Waals surface area contributed by atoms with Crippen LogP contribution in [-0.4, -0.2) is 38.0 Å². The summed E-state index contributed by atoms with van der Waals surface area (Å²) in [7, 11) is 1.52. The summed E-state index contributed by atoms with van der Waals surface area (Å²) in [6.07, 6.45) is 0.0259. The monoisotopic (exact) mass is 416 g/mol. The first-order valence-corrected chi connectivity index (χ1v) is 9.47. The number of carbonyl (C=O) groups is 3. The molecular weight excluding hydrogens is 396 g/mol. The summed E-state index contributed by atoms with van der Waals surface area (Å²) < 4.78 is 10.4. The largest absolute Gasteiger partial charge is 0.495 e. The molecule has 3 rings (SSSR count). The molecule has 2 amide bonds. The molecule has 1 atom stereocenters. The van der Waals surface area contributed by atoms with Crippen molar-refractivity contribution in [2.45, 2.75) is 13.0 Å². The Kier molecular flexibility index (Phi) is 6.72. The maximum atomic E-state index is 12.4. The Morgan fingerprint density at radius 3 is 2.66 bits per heavy atom. The lowest BCUT2D eigenvalue weighted by Crippen LogP contribution is -2.31. The molecule has 0 spiro atoms. The molecule has 2 aromatic carbocycles. The van der Waals surface area contributed by atoms with Crippen LogP contribution in [-0.2, 0) is 25.7 Å². The first-order chi connectivity index (χ1) is 14.0. The third-order valence-electron chi connectivity index (χ3n) is 4.61. The number of amides is 2. The summed E-state index contributed by atoms with van der Waals surface area (Å²) in [6.45, 7) is 0.00146. The van der Waals surface area contributed by atoms with Crippen LogP contribution >= 0.6 is 11.6 Å². The fourth-order valence-electron chi connectivity index (χ4n) is 3.09. The van der Waals surface area contributed by atoms with Crippen LogP contribution in [0.5, 0.6) is 5.75 Å². The number of nitrogens with one attached hydrogen (secondary N) is 1. The number of benzene rings is 2. The molecule has 29 heavy (non-hydrogen) atoms. The molecule has 152 valence electrons. The van der Waals surface area contributed by atoms with Gasteiger partial charge in [0.15, 0.2) is 6.61 Å². The van der Waals surface area contributed by atoms with E-state index in [0.717, 1.165) is 5.56 Å². The lowest BCUT2D eigenvalue weighted by atomic mass is 10.1. The highest BCUT2D eigenvalue weighted by Gasteiger charge is 2.37. The van der Waals surface area contributed by atoms with Gasteiger partial charge in [-0.15, -0.1) is 0 Å². The Morgan fingerprint density at radius 1 is 1.17 bits per heavy atom. The zero-order valence-electron chi connectivity index (χ0n) is 15.9. The lowest BCUT2D eigenvalue weighted by Gasteiger charge is -2.19. The fourth-order valence-corrected chi connectivity index (χ4v) is 3.29. The van der Waals surface area contributed by atoms with E-state index in [-0.39, 0.29) is 25.4 Å². The van der Waals surface area contributed by atoms with Gasteiger partial charge in [0.05, 0.1) is 18.7 Å². The average molecular weight is 417 g/mol. The summed E-state index contributed by atoms with van der Waals surface area (Å²) in [5, 5.41) is 3.20. The second-order valence-electron chi connectivity index (χ2n) is 6.55. The Morgan fingerprint density at radius 2 is 1.90 bits per heavy atom. The van der Waals surface area contributed by atoms with Crippen LogP contribution in [0.4, 0.5) is 5.69 Å². The number of halogens is 1. The number of rotatable bonds is 7. The van der Waals surface area contributed by atoms with Gasteiger partial charge in [-0.05, 0) is 23.8 Å². The van der Waals surface area contributed by atoms with Gasteiger partial charge in [0.2, 0.25) is 5.91 Å². The molecule has 8 heteroatoms. The van der Waals surface area contributed by atoms with Crippen LogP contribution in [0.15, 0.2) is 48.5 Å². The Hall–Kier alpha value is -3.06. The summed E-state index contributed by atoms with van der Waals surface area (Å²) in [4.78, 5) is 38.1. The number of carbonyl (C=O) groups excluding carboxylic acids is 3. The SMILES string of the molecule is COc1ccccc1N1C[C@@H](C(=O)OCC(=O)NCc2ccccc2Cl)CC1=O. The minimum Gasteiger partial charge on any atom is -0.495 e. The molecule has 1 aliphatic heterocycles. The maximum Gasteiger partial charge on any atom is 0.311 e. The summed E-state index contributed by atoms with van der Waals surface area (Å²) in [6, 6.07) is 14.2. The predicted molar refractivity (Wildman–Crippen MR) is 108 cm³/mol. The van der Waals surface area contributed by atoms with Crippen molar-refractivity contribution in [2.24, 2.45) is 5.92 Å². The second-order valence-corrected chi connectivity index (χ2v) is 6.96. The van der Waals surface area contributed by atoms with Gasteiger partial charge in [-0.2, -0.15) is 0 Å². The number of para-hydroxylation sites is 2. The van der Waals surface area contributed by atoms with Gasteiger partial charge in [-0.25, -0.2) is 0 Å². The molecule has 1 heterocycles. The van der Waals surface area contributed by atoms with E-state index in [9.17, 15) is 14.4 Å². The molecule has 1 fully saturated rings. The van der Waals surface area contributed by atoms with E-state index in [2.05, 4.69) is 5.32 Å². The number of methoxy groups -OCH3 is 1. The van der Waals surface area contributed by atoms with Gasteiger partial charge in [0.1, 0.15) is 5.75 Å². The van der Waals surface area contributed by atoms with E-state index < -0.39 is 24.4 Å². The highest BCUT2D eigenvalue weighted by atomic mass is 35.5. The third-order valence-corrected chi connectivity index (χ3v) is 4.98. The summed E-state index contributed by atoms with van der Waals surface area (Å²) in [5.74, 6) is -1.30. The molecular formula is C21H21ClN2O5. The smallest absolute Gasteiger partial charge is 0.311 e. The molecule has 2 aromatic rings. The first kappa shape index (κ1) is 20.7. The molecule has 0 unspecified atom stereocenters. The van der Waals surface area contributed by atoms with Gasteiger partial charge < -0.3 is 19.7 Å². The molecule has 0 aromatic heterocycles. The zero-order chi connectivity index (χ0) is 20.8. The number of hydrogen-bond acceptors (Lipinski definition) is 5. The van der Waals surface area contributed by atoms with Crippen LogP contribution in [0, 0.1) is 5.92 Å². The van der Waals surface area contributed by atoms with Crippen LogP contribution in [0.3, 0.4) is 0 Å². The second kappa shape index (κ2) is 9.43. The van der Waals surface area contributed by atoms with Gasteiger partial charge in [0, 0.05) is 24.5 Å². The zero-order valence-corrected chi connectivity index (χ0v) is 16.6. The minimum atomic E-state index is -0.635. The lowest BCUT2D eigenvalue weighted by molar-refractivity contribution is -0.152. The van der Waals surface area contributed by atoms with E-state index in [1.807, 2.05) is 6.07 Å². The molecule has 1 aliphatic rings. The van der Waals surface area contributed by atoms with Gasteiger partial charge in [-0.3, -0.25) is 14.4 Å². The molecule has 7 nitrogen and oxygen atoms in total. The Labute approximate surface area is 173 Å². The normalized spacial score (nSPS) is 15.9. The van der Waals surface area contributed by atoms with Crippen molar-refractivity contribution >= 4 is 35.1 Å². The first-order valence-electron chi connectivity index (χ1n) is 9.09. The van der Waals surface area contributed by atoms with Gasteiger partial charge in [0.25, 0.3) is 5.91 Å². The van der Waals surface area contributed by atoms with Crippen LogP contribution in [0.1, 0.15) is 12.0 Å². The molecule has 0 aliphatic carbocycles. The van der Waals surface area contributed by atoms with Crippen molar-refractivity contribution in [3.05, 3.63) is 59.1 Å². The van der Waals surface area contributed by atoms with Gasteiger partial charge in [-0.1, -0.05) is 41.9 Å². The molecule has 1 N–H and O–H groups in total. The molecule has 0 radical (unpaired) electrons. The summed E-state index contributed by atoms with van der Waals surface area (Å²) in [5.41, 5.74) is 1.37. The number of anilines is 1. The van der Waals surface area contributed by atoms with Crippen molar-refractivity contribution in [2.75, 3.05) is 25.2 Å². The highest BCUT2D eigenvalue weighted by molar-refractivity contribution is 6.31. The van der Waals surface area contributed by atoms with E-state index in [1.165, 1.54) is 12.0 Å². The molecule has 1 saturated heterocycles.